The average molecular weight is 292 g/mol. The van der Waals surface area contributed by atoms with E-state index in [2.05, 4.69) is 10.3 Å². The molecule has 0 saturated heterocycles. The molecule has 0 amide bonds. The first-order valence-corrected chi connectivity index (χ1v) is 6.25. The van der Waals surface area contributed by atoms with E-state index in [1.54, 1.807) is 26.1 Å². The van der Waals surface area contributed by atoms with E-state index in [0.29, 0.717) is 23.6 Å². The molecular weight excluding hydrogens is 276 g/mol. The molecule has 0 aliphatic rings. The molecule has 8 heteroatoms. The smallest absolute Gasteiger partial charge is 0.273 e. The van der Waals surface area contributed by atoms with Gasteiger partial charge in [-0.05, 0) is 25.5 Å². The monoisotopic (exact) mass is 292 g/mol. The van der Waals surface area contributed by atoms with Crippen molar-refractivity contribution in [1.29, 1.82) is 0 Å². The fourth-order valence-corrected chi connectivity index (χ4v) is 1.80. The van der Waals surface area contributed by atoms with Crippen molar-refractivity contribution in [2.45, 2.75) is 26.0 Å². The van der Waals surface area contributed by atoms with Crippen LogP contribution in [0.3, 0.4) is 0 Å². The summed E-state index contributed by atoms with van der Waals surface area (Å²) in [5, 5.41) is 28.5. The zero-order valence-electron chi connectivity index (χ0n) is 12.0. The first-order chi connectivity index (χ1) is 9.79. The lowest BCUT2D eigenvalue weighted by molar-refractivity contribution is -0.385. The van der Waals surface area contributed by atoms with Crippen molar-refractivity contribution in [1.82, 2.24) is 15.0 Å². The lowest BCUT2D eigenvalue weighted by Crippen LogP contribution is -2.15. The molecule has 0 aliphatic heterocycles. The lowest BCUT2D eigenvalue weighted by Gasteiger charge is -2.11. The van der Waals surface area contributed by atoms with Crippen molar-refractivity contribution in [2.75, 3.05) is 7.11 Å². The van der Waals surface area contributed by atoms with Gasteiger partial charge < -0.3 is 9.84 Å². The third-order valence-electron chi connectivity index (χ3n) is 2.91. The Morgan fingerprint density at radius 1 is 1.43 bits per heavy atom. The van der Waals surface area contributed by atoms with Crippen LogP contribution in [0.5, 0.6) is 5.75 Å². The molecule has 2 rings (SSSR count). The predicted molar refractivity (Wildman–Crippen MR) is 74.0 cm³/mol. The molecule has 1 heterocycles. The Morgan fingerprint density at radius 2 is 2.14 bits per heavy atom. The van der Waals surface area contributed by atoms with E-state index in [1.807, 2.05) is 0 Å². The van der Waals surface area contributed by atoms with Crippen molar-refractivity contribution in [3.63, 3.8) is 0 Å². The SMILES string of the molecule is COc1cc(Cn2cc(C(C)(C)O)nn2)cc([N+](=O)[O-])c1. The summed E-state index contributed by atoms with van der Waals surface area (Å²) in [6.45, 7) is 3.51. The molecule has 21 heavy (non-hydrogen) atoms. The van der Waals surface area contributed by atoms with Gasteiger partial charge in [0.1, 0.15) is 17.0 Å². The summed E-state index contributed by atoms with van der Waals surface area (Å²) < 4.78 is 6.56. The van der Waals surface area contributed by atoms with Gasteiger partial charge in [0.2, 0.25) is 0 Å². The number of nitrogens with zero attached hydrogens (tertiary/aromatic N) is 4. The minimum Gasteiger partial charge on any atom is -0.496 e. The van der Waals surface area contributed by atoms with E-state index < -0.39 is 10.5 Å². The Morgan fingerprint density at radius 3 is 2.67 bits per heavy atom. The molecule has 0 bridgehead atoms. The maximum atomic E-state index is 10.9. The first kappa shape index (κ1) is 14.9. The van der Waals surface area contributed by atoms with E-state index >= 15 is 0 Å². The summed E-state index contributed by atoms with van der Waals surface area (Å²) >= 11 is 0. The highest BCUT2D eigenvalue weighted by Gasteiger charge is 2.20. The van der Waals surface area contributed by atoms with Gasteiger partial charge >= 0.3 is 0 Å². The molecule has 2 aromatic rings. The number of nitro groups is 1. The van der Waals surface area contributed by atoms with Crippen molar-refractivity contribution in [2.24, 2.45) is 0 Å². The second kappa shape index (κ2) is 5.49. The van der Waals surface area contributed by atoms with E-state index in [0.717, 1.165) is 0 Å². The number of methoxy groups -OCH3 is 1. The van der Waals surface area contributed by atoms with E-state index in [9.17, 15) is 15.2 Å². The van der Waals surface area contributed by atoms with Gasteiger partial charge in [-0.2, -0.15) is 0 Å². The summed E-state index contributed by atoms with van der Waals surface area (Å²) in [4.78, 5) is 10.4. The van der Waals surface area contributed by atoms with Crippen LogP contribution in [0.1, 0.15) is 25.1 Å². The Kier molecular flexibility index (Phi) is 3.90. The van der Waals surface area contributed by atoms with Gasteiger partial charge in [0.25, 0.3) is 5.69 Å². The summed E-state index contributed by atoms with van der Waals surface area (Å²) in [6, 6.07) is 4.50. The highest BCUT2D eigenvalue weighted by molar-refractivity contribution is 5.42. The molecule has 0 spiro atoms. The van der Waals surface area contributed by atoms with Gasteiger partial charge in [-0.1, -0.05) is 5.21 Å². The van der Waals surface area contributed by atoms with Crippen LogP contribution in [-0.4, -0.2) is 32.1 Å². The fraction of sp³-hybridized carbons (Fsp3) is 0.385. The second-order valence-electron chi connectivity index (χ2n) is 5.16. The van der Waals surface area contributed by atoms with Crippen LogP contribution in [0.15, 0.2) is 24.4 Å². The molecule has 112 valence electrons. The molecule has 0 saturated carbocycles. The fourth-order valence-electron chi connectivity index (χ4n) is 1.80. The minimum atomic E-state index is -1.08. The third kappa shape index (κ3) is 3.54. The number of hydrogen-bond acceptors (Lipinski definition) is 6. The van der Waals surface area contributed by atoms with Gasteiger partial charge in [-0.15, -0.1) is 5.10 Å². The molecular formula is C13H16N4O4. The molecule has 0 atom stereocenters. The summed E-state index contributed by atoms with van der Waals surface area (Å²) in [7, 11) is 1.45. The average Bonchev–Trinajstić information content (AvgIpc) is 2.86. The van der Waals surface area contributed by atoms with Crippen LogP contribution in [0.25, 0.3) is 0 Å². The highest BCUT2D eigenvalue weighted by Crippen LogP contribution is 2.23. The van der Waals surface area contributed by atoms with Crippen LogP contribution >= 0.6 is 0 Å². The van der Waals surface area contributed by atoms with E-state index in [1.165, 1.54) is 23.9 Å². The number of benzene rings is 1. The molecule has 1 aromatic carbocycles. The van der Waals surface area contributed by atoms with Crippen LogP contribution in [-0.2, 0) is 12.1 Å². The van der Waals surface area contributed by atoms with Crippen LogP contribution in [0.4, 0.5) is 5.69 Å². The number of aliphatic hydroxyl groups is 1. The molecule has 0 radical (unpaired) electrons. The van der Waals surface area contributed by atoms with Gasteiger partial charge in [-0.3, -0.25) is 10.1 Å². The zero-order valence-corrected chi connectivity index (χ0v) is 12.0. The maximum absolute atomic E-state index is 10.9. The molecule has 0 aliphatic carbocycles. The molecule has 1 N–H and O–H groups in total. The van der Waals surface area contributed by atoms with Crippen LogP contribution < -0.4 is 4.74 Å². The number of nitro benzene ring substituents is 1. The Balaban J connectivity index is 2.28. The summed E-state index contributed by atoms with van der Waals surface area (Å²) in [5.41, 5.74) is -0.0427. The topological polar surface area (TPSA) is 103 Å². The van der Waals surface area contributed by atoms with E-state index in [-0.39, 0.29) is 5.69 Å². The van der Waals surface area contributed by atoms with Crippen LogP contribution in [0, 0.1) is 10.1 Å². The summed E-state index contributed by atoms with van der Waals surface area (Å²) in [6.07, 6.45) is 1.60. The minimum absolute atomic E-state index is 0.0489. The molecule has 8 nitrogen and oxygen atoms in total. The number of rotatable bonds is 5. The second-order valence-corrected chi connectivity index (χ2v) is 5.16. The van der Waals surface area contributed by atoms with Crippen molar-refractivity contribution >= 4 is 5.69 Å². The van der Waals surface area contributed by atoms with Gasteiger partial charge in [0.05, 0.1) is 30.8 Å². The number of hydrogen-bond donors (Lipinski definition) is 1. The molecule has 0 unspecified atom stereocenters. The van der Waals surface area contributed by atoms with Crippen LogP contribution in [0.2, 0.25) is 0 Å². The largest absolute Gasteiger partial charge is 0.496 e. The number of non-ortho nitro benzene ring substituents is 1. The van der Waals surface area contributed by atoms with E-state index in [4.69, 9.17) is 4.74 Å². The maximum Gasteiger partial charge on any atom is 0.273 e. The van der Waals surface area contributed by atoms with Crippen molar-refractivity contribution in [3.05, 3.63) is 45.8 Å². The quantitative estimate of drug-likeness (QED) is 0.661. The summed E-state index contributed by atoms with van der Waals surface area (Å²) in [5.74, 6) is 0.405. The predicted octanol–water partition coefficient (Wildman–Crippen LogP) is 1.47. The highest BCUT2D eigenvalue weighted by atomic mass is 16.6. The standard InChI is InChI=1S/C13H16N4O4/c1-13(2,18)12-8-16(15-14-12)7-9-4-10(17(19)20)6-11(5-9)21-3/h4-6,8,18H,7H2,1-3H3. The molecule has 0 fully saturated rings. The van der Waals surface area contributed by atoms with Gasteiger partial charge in [-0.25, -0.2) is 4.68 Å². The molecule has 1 aromatic heterocycles. The van der Waals surface area contributed by atoms with Gasteiger partial charge in [0, 0.05) is 6.07 Å². The lowest BCUT2D eigenvalue weighted by atomic mass is 10.1. The normalized spacial score (nSPS) is 11.4. The Labute approximate surface area is 121 Å². The first-order valence-electron chi connectivity index (χ1n) is 6.25. The zero-order chi connectivity index (χ0) is 15.6. The van der Waals surface area contributed by atoms with Crippen molar-refractivity contribution < 1.29 is 14.8 Å². The van der Waals surface area contributed by atoms with Gasteiger partial charge in [0.15, 0.2) is 0 Å². The Bertz CT molecular complexity index is 660. The number of aromatic nitrogens is 3. The van der Waals surface area contributed by atoms with Crippen molar-refractivity contribution in [3.8, 4) is 5.75 Å². The third-order valence-corrected chi connectivity index (χ3v) is 2.91. The number of ether oxygens (including phenoxy) is 1. The Hall–Kier alpha value is -2.48.